The van der Waals surface area contributed by atoms with Crippen LogP contribution in [-0.4, -0.2) is 19.7 Å². The number of benzene rings is 3. The molecule has 10 heteroatoms. The SMILES string of the molecule is O=c1c2ccccc2nc(SCc2nnc(-c3ccccc3Cl)o2)n1-c1ccc(F)c(Cl)c1. The Morgan fingerprint density at radius 3 is 2.58 bits per heavy atom. The van der Waals surface area contributed by atoms with Gasteiger partial charge in [0.2, 0.25) is 11.8 Å². The Kier molecular flexibility index (Phi) is 5.88. The lowest BCUT2D eigenvalue weighted by Gasteiger charge is -2.13. The van der Waals surface area contributed by atoms with Gasteiger partial charge in [-0.3, -0.25) is 9.36 Å². The van der Waals surface area contributed by atoms with Crippen molar-refractivity contribution in [2.24, 2.45) is 0 Å². The number of thioether (sulfide) groups is 1. The molecule has 0 amide bonds. The van der Waals surface area contributed by atoms with E-state index in [1.165, 1.54) is 34.5 Å². The number of fused-ring (bicyclic) bond motifs is 1. The molecule has 33 heavy (non-hydrogen) atoms. The van der Waals surface area contributed by atoms with Crippen LogP contribution < -0.4 is 5.56 Å². The monoisotopic (exact) mass is 498 g/mol. The molecule has 0 fully saturated rings. The highest BCUT2D eigenvalue weighted by Gasteiger charge is 2.17. The van der Waals surface area contributed by atoms with Crippen molar-refractivity contribution in [2.45, 2.75) is 10.9 Å². The summed E-state index contributed by atoms with van der Waals surface area (Å²) in [5.41, 5.74) is 1.27. The van der Waals surface area contributed by atoms with Crippen LogP contribution in [0.15, 0.2) is 81.1 Å². The van der Waals surface area contributed by atoms with Crippen LogP contribution in [0.25, 0.3) is 28.0 Å². The van der Waals surface area contributed by atoms with E-state index in [0.29, 0.717) is 44.1 Å². The first-order chi connectivity index (χ1) is 16.0. The van der Waals surface area contributed by atoms with E-state index in [2.05, 4.69) is 15.2 Å². The maximum atomic E-state index is 13.7. The number of halogens is 3. The van der Waals surface area contributed by atoms with Crippen molar-refractivity contribution >= 4 is 45.9 Å². The van der Waals surface area contributed by atoms with Gasteiger partial charge >= 0.3 is 0 Å². The van der Waals surface area contributed by atoms with E-state index in [9.17, 15) is 9.18 Å². The molecule has 0 spiro atoms. The highest BCUT2D eigenvalue weighted by Crippen LogP contribution is 2.29. The quantitative estimate of drug-likeness (QED) is 0.213. The summed E-state index contributed by atoms with van der Waals surface area (Å²) >= 11 is 13.4. The van der Waals surface area contributed by atoms with Gasteiger partial charge in [-0.15, -0.1) is 10.2 Å². The van der Waals surface area contributed by atoms with Gasteiger partial charge in [-0.25, -0.2) is 9.37 Å². The van der Waals surface area contributed by atoms with E-state index in [1.807, 2.05) is 12.1 Å². The summed E-state index contributed by atoms with van der Waals surface area (Å²) in [6.45, 7) is 0. The van der Waals surface area contributed by atoms with Crippen LogP contribution in [0.2, 0.25) is 10.0 Å². The highest BCUT2D eigenvalue weighted by molar-refractivity contribution is 7.98. The molecule has 164 valence electrons. The fraction of sp³-hybridized carbons (Fsp3) is 0.0435. The van der Waals surface area contributed by atoms with E-state index in [1.54, 1.807) is 36.4 Å². The lowest BCUT2D eigenvalue weighted by Crippen LogP contribution is -2.21. The molecule has 5 rings (SSSR count). The van der Waals surface area contributed by atoms with Gasteiger partial charge in [0.25, 0.3) is 5.56 Å². The van der Waals surface area contributed by atoms with Gasteiger partial charge in [0.05, 0.1) is 38.0 Å². The van der Waals surface area contributed by atoms with E-state index in [0.717, 1.165) is 0 Å². The Morgan fingerprint density at radius 2 is 1.76 bits per heavy atom. The van der Waals surface area contributed by atoms with Crippen LogP contribution in [0, 0.1) is 5.82 Å². The Hall–Kier alpha value is -3.20. The maximum absolute atomic E-state index is 13.7. The van der Waals surface area contributed by atoms with Gasteiger partial charge in [0.1, 0.15) is 5.82 Å². The first-order valence-corrected chi connectivity index (χ1v) is 11.4. The second kappa shape index (κ2) is 8.97. The Balaban J connectivity index is 1.53. The Bertz CT molecular complexity index is 1550. The number of para-hydroxylation sites is 1. The fourth-order valence-electron chi connectivity index (χ4n) is 3.24. The largest absolute Gasteiger partial charge is 0.420 e. The number of rotatable bonds is 5. The second-order valence-corrected chi connectivity index (χ2v) is 8.68. The van der Waals surface area contributed by atoms with Crippen LogP contribution in [0.4, 0.5) is 4.39 Å². The Labute approximate surface area is 201 Å². The molecule has 0 saturated heterocycles. The van der Waals surface area contributed by atoms with Crippen LogP contribution in [-0.2, 0) is 5.75 Å². The zero-order chi connectivity index (χ0) is 22.9. The number of aromatic nitrogens is 4. The van der Waals surface area contributed by atoms with Gasteiger partial charge in [-0.05, 0) is 42.5 Å². The minimum absolute atomic E-state index is 0.0928. The average Bonchev–Trinajstić information content (AvgIpc) is 3.29. The second-order valence-electron chi connectivity index (χ2n) is 6.92. The predicted molar refractivity (Wildman–Crippen MR) is 127 cm³/mol. The van der Waals surface area contributed by atoms with E-state index in [4.69, 9.17) is 27.6 Å². The molecule has 0 unspecified atom stereocenters. The minimum Gasteiger partial charge on any atom is -0.420 e. The zero-order valence-electron chi connectivity index (χ0n) is 16.7. The van der Waals surface area contributed by atoms with Gasteiger partial charge in [-0.1, -0.05) is 59.2 Å². The fourth-order valence-corrected chi connectivity index (χ4v) is 4.48. The molecule has 5 aromatic rings. The van der Waals surface area contributed by atoms with Crippen molar-refractivity contribution in [1.82, 2.24) is 19.7 Å². The summed E-state index contributed by atoms with van der Waals surface area (Å²) in [7, 11) is 0. The molecule has 0 N–H and O–H groups in total. The standard InChI is InChI=1S/C23H13Cl2FN4O2S/c24-16-7-3-1-5-14(16)21-29-28-20(32-21)12-33-23-27-19-8-4-2-6-15(19)22(31)30(23)13-9-10-18(26)17(25)11-13/h1-11H,12H2. The van der Waals surface area contributed by atoms with Crippen LogP contribution in [0.5, 0.6) is 0 Å². The van der Waals surface area contributed by atoms with Gasteiger partial charge in [0.15, 0.2) is 5.16 Å². The highest BCUT2D eigenvalue weighted by atomic mass is 35.5. The maximum Gasteiger partial charge on any atom is 0.266 e. The average molecular weight is 499 g/mol. The normalized spacial score (nSPS) is 11.2. The van der Waals surface area contributed by atoms with Crippen molar-refractivity contribution in [2.75, 3.05) is 0 Å². The van der Waals surface area contributed by atoms with Gasteiger partial charge in [0, 0.05) is 0 Å². The summed E-state index contributed by atoms with van der Waals surface area (Å²) in [4.78, 5) is 17.9. The van der Waals surface area contributed by atoms with Crippen molar-refractivity contribution in [3.63, 3.8) is 0 Å². The molecule has 6 nitrogen and oxygen atoms in total. The molecule has 2 heterocycles. The molecule has 3 aromatic carbocycles. The van der Waals surface area contributed by atoms with Crippen molar-refractivity contribution in [3.8, 4) is 17.1 Å². The third-order valence-electron chi connectivity index (χ3n) is 4.80. The summed E-state index contributed by atoms with van der Waals surface area (Å²) in [5, 5.41) is 9.36. The first-order valence-electron chi connectivity index (χ1n) is 9.68. The number of hydrogen-bond acceptors (Lipinski definition) is 6. The molecule has 2 aromatic heterocycles. The smallest absolute Gasteiger partial charge is 0.266 e. The third-order valence-corrected chi connectivity index (χ3v) is 6.34. The number of nitrogens with zero attached hydrogens (tertiary/aromatic N) is 4. The van der Waals surface area contributed by atoms with Gasteiger partial charge < -0.3 is 4.42 Å². The Morgan fingerprint density at radius 1 is 0.970 bits per heavy atom. The van der Waals surface area contributed by atoms with Crippen LogP contribution >= 0.6 is 35.0 Å². The van der Waals surface area contributed by atoms with E-state index in [-0.39, 0.29) is 16.3 Å². The third kappa shape index (κ3) is 4.25. The summed E-state index contributed by atoms with van der Waals surface area (Å²) in [5.74, 6) is 0.303. The lowest BCUT2D eigenvalue weighted by molar-refractivity contribution is 0.528. The molecule has 0 saturated carbocycles. The van der Waals surface area contributed by atoms with Crippen molar-refractivity contribution in [1.29, 1.82) is 0 Å². The minimum atomic E-state index is -0.575. The summed E-state index contributed by atoms with van der Waals surface area (Å²) in [6.07, 6.45) is 0. The molecular weight excluding hydrogens is 486 g/mol. The van der Waals surface area contributed by atoms with E-state index >= 15 is 0 Å². The van der Waals surface area contributed by atoms with E-state index < -0.39 is 5.82 Å². The molecule has 0 bridgehead atoms. The summed E-state index contributed by atoms with van der Waals surface area (Å²) < 4.78 is 20.9. The van der Waals surface area contributed by atoms with Crippen LogP contribution in [0.3, 0.4) is 0 Å². The van der Waals surface area contributed by atoms with Crippen LogP contribution in [0.1, 0.15) is 5.89 Å². The summed E-state index contributed by atoms with van der Waals surface area (Å²) in [6, 6.07) is 18.2. The molecule has 0 radical (unpaired) electrons. The molecule has 0 atom stereocenters. The molecular formula is C23H13Cl2FN4O2S. The first kappa shape index (κ1) is 21.6. The number of hydrogen-bond donors (Lipinski definition) is 0. The molecule has 0 aliphatic rings. The molecule has 0 aliphatic carbocycles. The lowest BCUT2D eigenvalue weighted by atomic mass is 10.2. The van der Waals surface area contributed by atoms with Crippen molar-refractivity contribution in [3.05, 3.63) is 98.8 Å². The molecule has 0 aliphatic heterocycles. The van der Waals surface area contributed by atoms with Gasteiger partial charge in [-0.2, -0.15) is 0 Å². The van der Waals surface area contributed by atoms with Crippen molar-refractivity contribution < 1.29 is 8.81 Å². The predicted octanol–water partition coefficient (Wildman–Crippen LogP) is 6.17. The topological polar surface area (TPSA) is 73.8 Å². The zero-order valence-corrected chi connectivity index (χ0v) is 19.0.